The Kier molecular flexibility index (Phi) is 4.45. The second-order valence-corrected chi connectivity index (χ2v) is 6.91. The standard InChI is InChI=1S/C21H18N6O2/c28-21-16-12-27(13-18-24-20(26-29-18)14-4-2-1-3-5-14)11-8-17(16)23-19(25-21)15-6-9-22-10-7-15/h1-7,9-10H,8,11-13H2,(H,23,25,28). The van der Waals surface area contributed by atoms with E-state index in [9.17, 15) is 4.79 Å². The maximum Gasteiger partial charge on any atom is 0.255 e. The maximum atomic E-state index is 12.7. The van der Waals surface area contributed by atoms with Crippen molar-refractivity contribution in [2.24, 2.45) is 0 Å². The van der Waals surface area contributed by atoms with Gasteiger partial charge in [-0.3, -0.25) is 14.7 Å². The minimum absolute atomic E-state index is 0.109. The number of rotatable bonds is 4. The summed E-state index contributed by atoms with van der Waals surface area (Å²) in [6, 6.07) is 13.4. The summed E-state index contributed by atoms with van der Waals surface area (Å²) in [5, 5.41) is 4.06. The van der Waals surface area contributed by atoms with Crippen molar-refractivity contribution >= 4 is 0 Å². The number of fused-ring (bicyclic) bond motifs is 1. The van der Waals surface area contributed by atoms with Crippen molar-refractivity contribution in [1.82, 2.24) is 30.0 Å². The van der Waals surface area contributed by atoms with Gasteiger partial charge in [-0.2, -0.15) is 4.98 Å². The number of hydrogen-bond donors (Lipinski definition) is 1. The Hall–Kier alpha value is -3.65. The highest BCUT2D eigenvalue weighted by molar-refractivity contribution is 5.54. The summed E-state index contributed by atoms with van der Waals surface area (Å²) in [5.41, 5.74) is 3.18. The van der Waals surface area contributed by atoms with E-state index in [0.717, 1.165) is 23.4 Å². The lowest BCUT2D eigenvalue weighted by Gasteiger charge is -2.26. The average Bonchev–Trinajstić information content (AvgIpc) is 3.24. The number of pyridine rings is 1. The van der Waals surface area contributed by atoms with Gasteiger partial charge in [0, 0.05) is 43.0 Å². The minimum atomic E-state index is -0.109. The summed E-state index contributed by atoms with van der Waals surface area (Å²) >= 11 is 0. The molecule has 0 amide bonds. The Morgan fingerprint density at radius 3 is 2.69 bits per heavy atom. The van der Waals surface area contributed by atoms with Crippen LogP contribution < -0.4 is 5.56 Å². The quantitative estimate of drug-likeness (QED) is 0.575. The number of aromatic nitrogens is 5. The number of aromatic amines is 1. The zero-order chi connectivity index (χ0) is 19.6. The summed E-state index contributed by atoms with van der Waals surface area (Å²) in [7, 11) is 0. The third-order valence-corrected chi connectivity index (χ3v) is 4.96. The van der Waals surface area contributed by atoms with Gasteiger partial charge in [-0.05, 0) is 12.1 Å². The van der Waals surface area contributed by atoms with Crippen LogP contribution >= 0.6 is 0 Å². The van der Waals surface area contributed by atoms with Crippen LogP contribution in [0.2, 0.25) is 0 Å². The summed E-state index contributed by atoms with van der Waals surface area (Å²) in [5.74, 6) is 1.68. The highest BCUT2D eigenvalue weighted by Gasteiger charge is 2.23. The molecule has 8 nitrogen and oxygen atoms in total. The van der Waals surface area contributed by atoms with Crippen molar-refractivity contribution in [3.8, 4) is 22.8 Å². The van der Waals surface area contributed by atoms with Crippen molar-refractivity contribution in [3.05, 3.63) is 82.4 Å². The number of H-pyrrole nitrogens is 1. The molecule has 29 heavy (non-hydrogen) atoms. The first-order valence-corrected chi connectivity index (χ1v) is 9.39. The molecule has 0 bridgehead atoms. The average molecular weight is 386 g/mol. The zero-order valence-electron chi connectivity index (χ0n) is 15.6. The van der Waals surface area contributed by atoms with E-state index in [1.807, 2.05) is 42.5 Å². The fourth-order valence-electron chi connectivity index (χ4n) is 3.48. The Morgan fingerprint density at radius 2 is 1.86 bits per heavy atom. The predicted octanol–water partition coefficient (Wildman–Crippen LogP) is 2.44. The van der Waals surface area contributed by atoms with Crippen LogP contribution in [-0.4, -0.2) is 36.5 Å². The lowest BCUT2D eigenvalue weighted by molar-refractivity contribution is 0.208. The highest BCUT2D eigenvalue weighted by Crippen LogP contribution is 2.20. The topological polar surface area (TPSA) is 101 Å². The third kappa shape index (κ3) is 3.57. The monoisotopic (exact) mass is 386 g/mol. The lowest BCUT2D eigenvalue weighted by atomic mass is 10.1. The minimum Gasteiger partial charge on any atom is -0.338 e. The molecule has 4 aromatic rings. The Labute approximate surface area is 166 Å². The largest absolute Gasteiger partial charge is 0.338 e. The molecular weight excluding hydrogens is 368 g/mol. The molecule has 0 saturated carbocycles. The molecule has 0 spiro atoms. The first-order valence-electron chi connectivity index (χ1n) is 9.39. The van der Waals surface area contributed by atoms with Crippen molar-refractivity contribution in [1.29, 1.82) is 0 Å². The van der Waals surface area contributed by atoms with Crippen molar-refractivity contribution < 1.29 is 4.52 Å². The van der Waals surface area contributed by atoms with E-state index in [1.165, 1.54) is 0 Å². The molecular formula is C21H18N6O2. The van der Waals surface area contributed by atoms with Gasteiger partial charge in [0.2, 0.25) is 11.7 Å². The number of benzene rings is 1. The van der Waals surface area contributed by atoms with Gasteiger partial charge >= 0.3 is 0 Å². The van der Waals surface area contributed by atoms with E-state index >= 15 is 0 Å². The van der Waals surface area contributed by atoms with E-state index in [1.54, 1.807) is 12.4 Å². The SMILES string of the molecule is O=c1[nH]c(-c2ccncc2)nc2c1CN(Cc1nc(-c3ccccc3)no1)CC2. The molecule has 1 aliphatic rings. The van der Waals surface area contributed by atoms with E-state index in [0.29, 0.717) is 42.6 Å². The first-order chi connectivity index (χ1) is 14.3. The molecule has 144 valence electrons. The second-order valence-electron chi connectivity index (χ2n) is 6.91. The molecule has 1 N–H and O–H groups in total. The molecule has 5 rings (SSSR count). The van der Waals surface area contributed by atoms with Gasteiger partial charge in [0.25, 0.3) is 5.56 Å². The van der Waals surface area contributed by atoms with Crippen LogP contribution in [0.25, 0.3) is 22.8 Å². The van der Waals surface area contributed by atoms with Crippen LogP contribution in [0, 0.1) is 0 Å². The van der Waals surface area contributed by atoms with Crippen LogP contribution in [0.15, 0.2) is 64.2 Å². The fraction of sp³-hybridized carbons (Fsp3) is 0.190. The molecule has 0 unspecified atom stereocenters. The van der Waals surface area contributed by atoms with Gasteiger partial charge in [-0.25, -0.2) is 4.98 Å². The van der Waals surface area contributed by atoms with E-state index in [2.05, 4.69) is 30.0 Å². The van der Waals surface area contributed by atoms with Crippen LogP contribution in [-0.2, 0) is 19.5 Å². The number of nitrogens with one attached hydrogen (secondary N) is 1. The smallest absolute Gasteiger partial charge is 0.255 e. The first kappa shape index (κ1) is 17.4. The molecule has 0 saturated heterocycles. The summed E-state index contributed by atoms with van der Waals surface area (Å²) in [6.07, 6.45) is 4.06. The van der Waals surface area contributed by atoms with Crippen LogP contribution in [0.5, 0.6) is 0 Å². The van der Waals surface area contributed by atoms with Gasteiger partial charge in [0.05, 0.1) is 17.8 Å². The van der Waals surface area contributed by atoms with Crippen LogP contribution in [0.1, 0.15) is 17.1 Å². The van der Waals surface area contributed by atoms with Gasteiger partial charge in [-0.15, -0.1) is 0 Å². The molecule has 0 fully saturated rings. The molecule has 0 atom stereocenters. The highest BCUT2D eigenvalue weighted by atomic mass is 16.5. The lowest BCUT2D eigenvalue weighted by Crippen LogP contribution is -2.35. The van der Waals surface area contributed by atoms with Gasteiger partial charge in [0.15, 0.2) is 0 Å². The fourth-order valence-corrected chi connectivity index (χ4v) is 3.48. The molecule has 4 heterocycles. The van der Waals surface area contributed by atoms with E-state index in [4.69, 9.17) is 4.52 Å². The summed E-state index contributed by atoms with van der Waals surface area (Å²) in [4.78, 5) is 30.8. The van der Waals surface area contributed by atoms with Crippen molar-refractivity contribution in [2.45, 2.75) is 19.5 Å². The Bertz CT molecular complexity index is 1190. The maximum absolute atomic E-state index is 12.7. The van der Waals surface area contributed by atoms with E-state index < -0.39 is 0 Å². The van der Waals surface area contributed by atoms with E-state index in [-0.39, 0.29) is 5.56 Å². The van der Waals surface area contributed by atoms with Gasteiger partial charge in [-0.1, -0.05) is 35.5 Å². The predicted molar refractivity (Wildman–Crippen MR) is 106 cm³/mol. The van der Waals surface area contributed by atoms with Crippen LogP contribution in [0.4, 0.5) is 0 Å². The molecule has 1 aromatic carbocycles. The molecule has 0 aliphatic carbocycles. The van der Waals surface area contributed by atoms with Gasteiger partial charge < -0.3 is 9.51 Å². The van der Waals surface area contributed by atoms with Crippen molar-refractivity contribution in [2.75, 3.05) is 6.54 Å². The molecule has 0 radical (unpaired) electrons. The number of hydrogen-bond acceptors (Lipinski definition) is 7. The van der Waals surface area contributed by atoms with Gasteiger partial charge in [0.1, 0.15) is 5.82 Å². The zero-order valence-corrected chi connectivity index (χ0v) is 15.6. The van der Waals surface area contributed by atoms with Crippen molar-refractivity contribution in [3.63, 3.8) is 0 Å². The Morgan fingerprint density at radius 1 is 1.03 bits per heavy atom. The summed E-state index contributed by atoms with van der Waals surface area (Å²) in [6.45, 7) is 1.75. The molecule has 3 aromatic heterocycles. The Balaban J connectivity index is 1.34. The van der Waals surface area contributed by atoms with Crippen LogP contribution in [0.3, 0.4) is 0 Å². The normalized spacial score (nSPS) is 13.9. The second kappa shape index (κ2) is 7.40. The molecule has 1 aliphatic heterocycles. The summed E-state index contributed by atoms with van der Waals surface area (Å²) < 4.78 is 5.41. The third-order valence-electron chi connectivity index (χ3n) is 4.96. The number of nitrogens with zero attached hydrogens (tertiary/aromatic N) is 5. The molecule has 8 heteroatoms.